The second-order valence-electron chi connectivity index (χ2n) is 2.90. The van der Waals surface area contributed by atoms with Crippen LogP contribution in [-0.4, -0.2) is 56.3 Å². The van der Waals surface area contributed by atoms with E-state index in [1.165, 1.54) is 4.91 Å². The lowest BCUT2D eigenvalue weighted by molar-refractivity contribution is 0.490. The molecule has 0 heterocycles. The second kappa shape index (κ2) is 11.0. The van der Waals surface area contributed by atoms with Crippen molar-refractivity contribution in [3.63, 3.8) is 0 Å². The lowest BCUT2D eigenvalue weighted by Gasteiger charge is -2.34. The molecule has 0 unspecified atom stereocenters. The minimum absolute atomic E-state index is 0. The Morgan fingerprint density at radius 3 is 0.929 bits per heavy atom. The van der Waals surface area contributed by atoms with E-state index in [1.807, 2.05) is 0 Å². The van der Waals surface area contributed by atoms with Crippen LogP contribution in [0.5, 0.6) is 0 Å². The molecule has 0 saturated carbocycles. The summed E-state index contributed by atoms with van der Waals surface area (Å²) in [6, 6.07) is 0. The fraction of sp³-hybridized carbons (Fsp3) is 1.00. The molecule has 0 spiro atoms. The Kier molecular flexibility index (Phi) is 15.3. The van der Waals surface area contributed by atoms with Gasteiger partial charge in [-0.3, -0.25) is 18.9 Å². The van der Waals surface area contributed by atoms with E-state index < -0.39 is 0 Å². The number of halogens is 1. The minimum Gasteiger partial charge on any atom is -0.373 e. The first-order valence-electron chi connectivity index (χ1n) is 3.68. The van der Waals surface area contributed by atoms with Crippen molar-refractivity contribution in [2.45, 2.75) is 0 Å². The van der Waals surface area contributed by atoms with Gasteiger partial charge in [-0.2, -0.15) is 0 Å². The maximum Gasteiger partial charge on any atom is 0.118 e. The third-order valence-electron chi connectivity index (χ3n) is 1.07. The molecule has 0 aliphatic heterocycles. The number of rotatable bonds is 3. The quantitative estimate of drug-likeness (QED) is 0.329. The summed E-state index contributed by atoms with van der Waals surface area (Å²) in [4.78, 5) is 1.50. The Bertz CT molecular complexity index is 137. The van der Waals surface area contributed by atoms with Crippen molar-refractivity contribution >= 4 is 20.8 Å². The molecule has 0 rings (SSSR count). The summed E-state index contributed by atoms with van der Waals surface area (Å²) < 4.78 is 6.69. The number of hydrogen-bond donors (Lipinski definition) is 0. The monoisotopic (exact) mass is 241 g/mol. The van der Waals surface area contributed by atoms with Gasteiger partial charge in [-0.05, 0) is 42.3 Å². The smallest absolute Gasteiger partial charge is 0.118 e. The first-order chi connectivity index (χ1) is 5.88. The molecule has 0 aromatic carbocycles. The summed E-state index contributed by atoms with van der Waals surface area (Å²) in [7, 11) is 12.4. The maximum atomic E-state index is 6.75. The van der Waals surface area contributed by atoms with Crippen LogP contribution < -0.4 is 0 Å². The maximum absolute atomic E-state index is 6.75. The Balaban J connectivity index is -0.000000267. The third-order valence-corrected chi connectivity index (χ3v) is 3.22. The Morgan fingerprint density at radius 1 is 0.786 bits per heavy atom. The molecule has 86 valence electrons. The van der Waals surface area contributed by atoms with Gasteiger partial charge in [-0.15, -0.1) is 12.4 Å². The van der Waals surface area contributed by atoms with Crippen LogP contribution in [0.4, 0.5) is 0 Å². The number of nitrogens with zero attached hydrogens (tertiary/aromatic N) is 6. The molecular weight excluding hydrogens is 223 g/mol. The first kappa shape index (κ1) is 19.5. The van der Waals surface area contributed by atoms with Crippen LogP contribution in [0.1, 0.15) is 0 Å². The van der Waals surface area contributed by atoms with Crippen LogP contribution in [0, 0.1) is 0 Å². The SMILES string of the molecule is CN(C)P(N(C)C)N(C)C.Cl.[N-]=[N+]=[N-]. The molecular formula is C6H19ClN6P-. The van der Waals surface area contributed by atoms with Gasteiger partial charge in [0, 0.05) is 0 Å². The molecule has 0 radical (unpaired) electrons. The first-order valence-corrected chi connectivity index (χ1v) is 4.88. The molecule has 0 fully saturated rings. The molecule has 8 heteroatoms. The lowest BCUT2D eigenvalue weighted by Crippen LogP contribution is -2.25. The van der Waals surface area contributed by atoms with Gasteiger partial charge in [0.2, 0.25) is 0 Å². The third kappa shape index (κ3) is 9.99. The Morgan fingerprint density at radius 2 is 0.929 bits per heavy atom. The second-order valence-corrected chi connectivity index (χ2v) is 5.84. The molecule has 0 saturated heterocycles. The molecule has 0 N–H and O–H groups in total. The minimum atomic E-state index is -0.238. The highest BCUT2D eigenvalue weighted by molar-refractivity contribution is 7.49. The molecule has 0 aromatic rings. The topological polar surface area (TPSA) is 68.4 Å². The van der Waals surface area contributed by atoms with Gasteiger partial charge >= 0.3 is 0 Å². The number of hydrogen-bond acceptors (Lipinski definition) is 3. The highest BCUT2D eigenvalue weighted by Crippen LogP contribution is 2.40. The fourth-order valence-electron chi connectivity index (χ4n) is 1.07. The van der Waals surface area contributed by atoms with Gasteiger partial charge < -0.3 is 11.1 Å². The van der Waals surface area contributed by atoms with E-state index in [2.05, 4.69) is 56.3 Å². The molecule has 0 amide bonds. The zero-order valence-electron chi connectivity index (χ0n) is 9.54. The van der Waals surface area contributed by atoms with E-state index >= 15 is 0 Å². The van der Waals surface area contributed by atoms with Crippen molar-refractivity contribution in [2.75, 3.05) is 42.3 Å². The van der Waals surface area contributed by atoms with E-state index in [0.717, 1.165) is 0 Å². The van der Waals surface area contributed by atoms with Crippen LogP contribution in [0.25, 0.3) is 16.0 Å². The summed E-state index contributed by atoms with van der Waals surface area (Å²) in [5.74, 6) is 0. The van der Waals surface area contributed by atoms with Crippen molar-refractivity contribution in [3.05, 3.63) is 16.0 Å². The van der Waals surface area contributed by atoms with Gasteiger partial charge in [-0.1, -0.05) is 0 Å². The molecule has 0 aromatic heterocycles. The average molecular weight is 242 g/mol. The van der Waals surface area contributed by atoms with Gasteiger partial charge in [0.25, 0.3) is 0 Å². The van der Waals surface area contributed by atoms with E-state index in [1.54, 1.807) is 0 Å². The van der Waals surface area contributed by atoms with Crippen LogP contribution in [0.15, 0.2) is 0 Å². The van der Waals surface area contributed by atoms with Gasteiger partial charge in [0.15, 0.2) is 0 Å². The summed E-state index contributed by atoms with van der Waals surface area (Å²) in [6.45, 7) is 0. The molecule has 0 aliphatic carbocycles. The summed E-state index contributed by atoms with van der Waals surface area (Å²) in [5, 5.41) is 0. The predicted molar refractivity (Wildman–Crippen MR) is 65.3 cm³/mol. The zero-order valence-corrected chi connectivity index (χ0v) is 11.2. The Labute approximate surface area is 93.6 Å². The van der Waals surface area contributed by atoms with Gasteiger partial charge in [-0.25, -0.2) is 0 Å². The lowest BCUT2D eigenvalue weighted by atomic mass is 11.2. The molecule has 0 atom stereocenters. The van der Waals surface area contributed by atoms with E-state index in [9.17, 15) is 0 Å². The average Bonchev–Trinajstić information content (AvgIpc) is 1.84. The van der Waals surface area contributed by atoms with Crippen molar-refractivity contribution < 1.29 is 0 Å². The molecule has 6 nitrogen and oxygen atoms in total. The molecule has 14 heavy (non-hydrogen) atoms. The van der Waals surface area contributed by atoms with E-state index in [-0.39, 0.29) is 20.8 Å². The predicted octanol–water partition coefficient (Wildman–Crippen LogP) is 2.19. The summed E-state index contributed by atoms with van der Waals surface area (Å²) >= 11 is 0. The van der Waals surface area contributed by atoms with Crippen LogP contribution in [-0.2, 0) is 0 Å². The van der Waals surface area contributed by atoms with Crippen molar-refractivity contribution in [3.8, 4) is 0 Å². The Hall–Kier alpha value is -0.0900. The summed E-state index contributed by atoms with van der Waals surface area (Å²) in [5.41, 5.74) is 13.5. The van der Waals surface area contributed by atoms with Crippen LogP contribution in [0.3, 0.4) is 0 Å². The summed E-state index contributed by atoms with van der Waals surface area (Å²) in [6.07, 6.45) is 0. The normalized spacial score (nSPS) is 9.57. The molecule has 0 bridgehead atoms. The fourth-order valence-corrected chi connectivity index (χ4v) is 3.22. The van der Waals surface area contributed by atoms with E-state index in [0.29, 0.717) is 0 Å². The van der Waals surface area contributed by atoms with Crippen LogP contribution >= 0.6 is 20.8 Å². The molecule has 0 aliphatic rings. The standard InChI is InChI=1S/C6H18N3P.ClH.N3/c1-7(2)10(8(3)4)9(5)6;;1-3-2/h1-6H3;1H;/q;;-1. The highest BCUT2D eigenvalue weighted by atomic mass is 35.5. The zero-order chi connectivity index (χ0) is 11.0. The van der Waals surface area contributed by atoms with Crippen molar-refractivity contribution in [1.82, 2.24) is 14.0 Å². The van der Waals surface area contributed by atoms with Crippen LogP contribution in [0.2, 0.25) is 0 Å². The largest absolute Gasteiger partial charge is 0.373 e. The van der Waals surface area contributed by atoms with Gasteiger partial charge in [0.05, 0.1) is 0 Å². The van der Waals surface area contributed by atoms with Crippen molar-refractivity contribution in [1.29, 1.82) is 0 Å². The van der Waals surface area contributed by atoms with Crippen molar-refractivity contribution in [2.24, 2.45) is 0 Å². The highest BCUT2D eigenvalue weighted by Gasteiger charge is 2.15. The van der Waals surface area contributed by atoms with Gasteiger partial charge in [0.1, 0.15) is 8.37 Å². The van der Waals surface area contributed by atoms with E-state index in [4.69, 9.17) is 11.1 Å².